The minimum absolute atomic E-state index is 0.0162. The third-order valence-electron chi connectivity index (χ3n) is 4.96. The normalized spacial score (nSPS) is 15.2. The van der Waals surface area contributed by atoms with Crippen LogP contribution in [0.2, 0.25) is 0 Å². The molecule has 1 heterocycles. The molecule has 1 aromatic carbocycles. The number of nitrogens with zero attached hydrogens (tertiary/aromatic N) is 1. The summed E-state index contributed by atoms with van der Waals surface area (Å²) in [7, 11) is 0. The predicted octanol–water partition coefficient (Wildman–Crippen LogP) is 4.16. The third kappa shape index (κ3) is 6.89. The number of amides is 2. The SMILES string of the molecule is CCCCCCCCC(=O)N1CCC(NC(=O)c2ccccc2)CC1. The second-order valence-electron chi connectivity index (χ2n) is 7.01. The van der Waals surface area contributed by atoms with Crippen molar-refractivity contribution in [3.8, 4) is 0 Å². The van der Waals surface area contributed by atoms with Crippen LogP contribution >= 0.6 is 0 Å². The molecule has 1 aliphatic rings. The summed E-state index contributed by atoms with van der Waals surface area (Å²) in [5.41, 5.74) is 0.698. The van der Waals surface area contributed by atoms with E-state index in [2.05, 4.69) is 12.2 Å². The number of hydrogen-bond acceptors (Lipinski definition) is 2. The van der Waals surface area contributed by atoms with Crippen molar-refractivity contribution in [1.29, 1.82) is 0 Å². The maximum Gasteiger partial charge on any atom is 0.251 e. The van der Waals surface area contributed by atoms with Crippen molar-refractivity contribution < 1.29 is 9.59 Å². The maximum atomic E-state index is 12.3. The lowest BCUT2D eigenvalue weighted by atomic mass is 10.0. The average molecular weight is 344 g/mol. The Morgan fingerprint density at radius 2 is 1.64 bits per heavy atom. The zero-order valence-corrected chi connectivity index (χ0v) is 15.5. The van der Waals surface area contributed by atoms with Gasteiger partial charge in [0.25, 0.3) is 5.91 Å². The fourth-order valence-corrected chi connectivity index (χ4v) is 3.35. The van der Waals surface area contributed by atoms with Crippen LogP contribution in [0.3, 0.4) is 0 Å². The van der Waals surface area contributed by atoms with Gasteiger partial charge in [-0.05, 0) is 31.4 Å². The molecule has 138 valence electrons. The van der Waals surface area contributed by atoms with Crippen molar-refractivity contribution in [2.75, 3.05) is 13.1 Å². The highest BCUT2D eigenvalue weighted by Crippen LogP contribution is 2.14. The van der Waals surface area contributed by atoms with E-state index in [0.717, 1.165) is 38.8 Å². The molecule has 1 aliphatic heterocycles. The van der Waals surface area contributed by atoms with E-state index in [-0.39, 0.29) is 17.9 Å². The highest BCUT2D eigenvalue weighted by Gasteiger charge is 2.23. The van der Waals surface area contributed by atoms with Crippen molar-refractivity contribution in [3.05, 3.63) is 35.9 Å². The van der Waals surface area contributed by atoms with Crippen LogP contribution in [0.15, 0.2) is 30.3 Å². The number of unbranched alkanes of at least 4 members (excludes halogenated alkanes) is 5. The largest absolute Gasteiger partial charge is 0.349 e. The molecule has 0 atom stereocenters. The summed E-state index contributed by atoms with van der Waals surface area (Å²) in [6.45, 7) is 3.73. The van der Waals surface area contributed by atoms with E-state index in [9.17, 15) is 9.59 Å². The number of carbonyl (C=O) groups excluding carboxylic acids is 2. The van der Waals surface area contributed by atoms with Gasteiger partial charge in [-0.1, -0.05) is 57.2 Å². The molecule has 2 rings (SSSR count). The second-order valence-corrected chi connectivity index (χ2v) is 7.01. The average Bonchev–Trinajstić information content (AvgIpc) is 2.65. The standard InChI is InChI=1S/C21H32N2O2/c1-2-3-4-5-6-10-13-20(24)23-16-14-19(15-17-23)22-21(25)18-11-8-7-9-12-18/h7-9,11-12,19H,2-6,10,13-17H2,1H3,(H,22,25). The first-order valence-corrected chi connectivity index (χ1v) is 9.84. The Morgan fingerprint density at radius 3 is 2.32 bits per heavy atom. The number of benzene rings is 1. The summed E-state index contributed by atoms with van der Waals surface area (Å²) < 4.78 is 0. The molecule has 4 nitrogen and oxygen atoms in total. The van der Waals surface area contributed by atoms with E-state index in [1.54, 1.807) is 0 Å². The molecular weight excluding hydrogens is 312 g/mol. The van der Waals surface area contributed by atoms with Gasteiger partial charge in [0.2, 0.25) is 5.91 Å². The van der Waals surface area contributed by atoms with Crippen molar-refractivity contribution in [3.63, 3.8) is 0 Å². The second kappa shape index (κ2) is 10.9. The van der Waals surface area contributed by atoms with Gasteiger partial charge in [0.15, 0.2) is 0 Å². The zero-order chi connectivity index (χ0) is 17.9. The van der Waals surface area contributed by atoms with Gasteiger partial charge in [0, 0.05) is 31.1 Å². The van der Waals surface area contributed by atoms with Gasteiger partial charge in [-0.15, -0.1) is 0 Å². The third-order valence-corrected chi connectivity index (χ3v) is 4.96. The number of hydrogen-bond donors (Lipinski definition) is 1. The molecule has 1 N–H and O–H groups in total. The molecule has 0 unspecified atom stereocenters. The Morgan fingerprint density at radius 1 is 1.00 bits per heavy atom. The molecule has 1 aromatic rings. The minimum Gasteiger partial charge on any atom is -0.349 e. The van der Waals surface area contributed by atoms with Crippen molar-refractivity contribution in [2.45, 2.75) is 70.8 Å². The lowest BCUT2D eigenvalue weighted by Gasteiger charge is -2.32. The lowest BCUT2D eigenvalue weighted by molar-refractivity contribution is -0.132. The van der Waals surface area contributed by atoms with E-state index < -0.39 is 0 Å². The molecule has 25 heavy (non-hydrogen) atoms. The van der Waals surface area contributed by atoms with Crippen LogP contribution in [0.1, 0.15) is 75.1 Å². The maximum absolute atomic E-state index is 12.3. The fourth-order valence-electron chi connectivity index (χ4n) is 3.35. The first-order chi connectivity index (χ1) is 12.2. The van der Waals surface area contributed by atoms with Crippen LogP contribution in [0, 0.1) is 0 Å². The number of likely N-dealkylation sites (tertiary alicyclic amines) is 1. The summed E-state index contributed by atoms with van der Waals surface area (Å²) >= 11 is 0. The lowest BCUT2D eigenvalue weighted by Crippen LogP contribution is -2.46. The predicted molar refractivity (Wildman–Crippen MR) is 102 cm³/mol. The van der Waals surface area contributed by atoms with Crippen LogP contribution in [-0.4, -0.2) is 35.8 Å². The molecule has 0 radical (unpaired) electrons. The molecule has 0 bridgehead atoms. The summed E-state index contributed by atoms with van der Waals surface area (Å²) in [6.07, 6.45) is 9.63. The van der Waals surface area contributed by atoms with Gasteiger partial charge in [-0.3, -0.25) is 9.59 Å². The van der Waals surface area contributed by atoms with Crippen LogP contribution in [0.5, 0.6) is 0 Å². The van der Waals surface area contributed by atoms with Gasteiger partial charge in [0.1, 0.15) is 0 Å². The summed E-state index contributed by atoms with van der Waals surface area (Å²) in [5.74, 6) is 0.265. The van der Waals surface area contributed by atoms with Crippen molar-refractivity contribution in [1.82, 2.24) is 10.2 Å². The molecule has 2 amide bonds. The van der Waals surface area contributed by atoms with Gasteiger partial charge >= 0.3 is 0 Å². The minimum atomic E-state index is -0.0162. The van der Waals surface area contributed by atoms with Crippen LogP contribution in [0.4, 0.5) is 0 Å². The van der Waals surface area contributed by atoms with E-state index in [0.29, 0.717) is 12.0 Å². The Balaban J connectivity index is 1.62. The van der Waals surface area contributed by atoms with Crippen molar-refractivity contribution >= 4 is 11.8 Å². The number of nitrogens with one attached hydrogen (secondary N) is 1. The smallest absolute Gasteiger partial charge is 0.251 e. The highest BCUT2D eigenvalue weighted by molar-refractivity contribution is 5.94. The van der Waals surface area contributed by atoms with Crippen molar-refractivity contribution in [2.24, 2.45) is 0 Å². The van der Waals surface area contributed by atoms with E-state index in [1.807, 2.05) is 35.2 Å². The Bertz CT molecular complexity index is 522. The highest BCUT2D eigenvalue weighted by atomic mass is 16.2. The molecular formula is C21H32N2O2. The van der Waals surface area contributed by atoms with Crippen LogP contribution in [-0.2, 0) is 4.79 Å². The molecule has 0 saturated carbocycles. The molecule has 1 fully saturated rings. The monoisotopic (exact) mass is 344 g/mol. The number of carbonyl (C=O) groups is 2. The topological polar surface area (TPSA) is 49.4 Å². The van der Waals surface area contributed by atoms with Gasteiger partial charge in [0.05, 0.1) is 0 Å². The van der Waals surface area contributed by atoms with Gasteiger partial charge in [-0.2, -0.15) is 0 Å². The molecule has 1 saturated heterocycles. The summed E-state index contributed by atoms with van der Waals surface area (Å²) in [5, 5.41) is 3.09. The van der Waals surface area contributed by atoms with E-state index >= 15 is 0 Å². The van der Waals surface area contributed by atoms with Crippen LogP contribution < -0.4 is 5.32 Å². The Kier molecular flexibility index (Phi) is 8.50. The van der Waals surface area contributed by atoms with Gasteiger partial charge < -0.3 is 10.2 Å². The quantitative estimate of drug-likeness (QED) is 0.684. The summed E-state index contributed by atoms with van der Waals surface area (Å²) in [4.78, 5) is 26.4. The molecule has 0 spiro atoms. The van der Waals surface area contributed by atoms with Gasteiger partial charge in [-0.25, -0.2) is 0 Å². The van der Waals surface area contributed by atoms with Crippen LogP contribution in [0.25, 0.3) is 0 Å². The molecule has 4 heteroatoms. The van der Waals surface area contributed by atoms with E-state index in [4.69, 9.17) is 0 Å². The van der Waals surface area contributed by atoms with E-state index in [1.165, 1.54) is 25.7 Å². The Hall–Kier alpha value is -1.84. The first-order valence-electron chi connectivity index (χ1n) is 9.84. The molecule has 0 aliphatic carbocycles. The fraction of sp³-hybridized carbons (Fsp3) is 0.619. The number of piperidine rings is 1. The zero-order valence-electron chi connectivity index (χ0n) is 15.5. The first kappa shape index (κ1) is 19.5. The Labute approximate surface area is 152 Å². The summed E-state index contributed by atoms with van der Waals surface area (Å²) in [6, 6.07) is 9.48. The molecule has 0 aromatic heterocycles. The number of rotatable bonds is 9.